The van der Waals surface area contributed by atoms with E-state index in [1.54, 1.807) is 11.8 Å². The molecule has 3 atom stereocenters. The molecule has 2 aliphatic rings. The molecular weight excluding hydrogens is 340 g/mol. The Labute approximate surface area is 142 Å². The summed E-state index contributed by atoms with van der Waals surface area (Å²) in [5.41, 5.74) is 0.122. The molecule has 2 aliphatic heterocycles. The molecule has 0 saturated carbocycles. The Morgan fingerprint density at radius 2 is 2.09 bits per heavy atom. The van der Waals surface area contributed by atoms with E-state index in [9.17, 15) is 19.5 Å². The zero-order valence-electron chi connectivity index (χ0n) is 12.4. The van der Waals surface area contributed by atoms with Crippen molar-refractivity contribution in [3.8, 4) is 0 Å². The molecular formula is C14H18N2O5S2. The lowest BCUT2D eigenvalue weighted by atomic mass is 10.1. The molecule has 9 heteroatoms. The first-order chi connectivity index (χ1) is 10.9. The summed E-state index contributed by atoms with van der Waals surface area (Å²) in [5, 5.41) is 20.3. The lowest BCUT2D eigenvalue weighted by Crippen LogP contribution is -2.48. The minimum atomic E-state index is -1.25. The Morgan fingerprint density at radius 1 is 1.35 bits per heavy atom. The lowest BCUT2D eigenvalue weighted by molar-refractivity contribution is -0.141. The Kier molecular flexibility index (Phi) is 6.11. The van der Waals surface area contributed by atoms with Crippen LogP contribution in [0.3, 0.4) is 0 Å². The van der Waals surface area contributed by atoms with Gasteiger partial charge < -0.3 is 15.5 Å². The van der Waals surface area contributed by atoms with E-state index >= 15 is 0 Å². The molecule has 7 nitrogen and oxygen atoms in total. The molecule has 3 N–H and O–H groups in total. The van der Waals surface area contributed by atoms with Gasteiger partial charge in [0, 0.05) is 17.4 Å². The molecule has 0 aromatic carbocycles. The molecule has 0 aliphatic carbocycles. The molecule has 1 unspecified atom stereocenters. The van der Waals surface area contributed by atoms with Crippen molar-refractivity contribution in [1.82, 2.24) is 5.32 Å². The number of thioether (sulfide) groups is 2. The van der Waals surface area contributed by atoms with Crippen LogP contribution in [0.25, 0.3) is 0 Å². The van der Waals surface area contributed by atoms with Gasteiger partial charge in [-0.1, -0.05) is 6.58 Å². The van der Waals surface area contributed by atoms with Gasteiger partial charge in [0.15, 0.2) is 6.04 Å². The second-order valence-corrected chi connectivity index (χ2v) is 7.82. The molecule has 2 rings (SSSR count). The molecule has 2 heterocycles. The highest BCUT2D eigenvalue weighted by Crippen LogP contribution is 2.29. The monoisotopic (exact) mass is 358 g/mol. The summed E-state index contributed by atoms with van der Waals surface area (Å²) in [5.74, 6) is -1.51. The fraction of sp³-hybridized carbons (Fsp3) is 0.571. The predicted molar refractivity (Wildman–Crippen MR) is 90.1 cm³/mol. The average Bonchev–Trinajstić information content (AvgIpc) is 2.97. The number of hydrogen-bond donors (Lipinski definition) is 3. The first kappa shape index (κ1) is 17.9. The first-order valence-electron chi connectivity index (χ1n) is 7.13. The van der Waals surface area contributed by atoms with Gasteiger partial charge in [-0.25, -0.2) is 9.59 Å². The second kappa shape index (κ2) is 7.87. The van der Waals surface area contributed by atoms with Crippen LogP contribution < -0.4 is 5.32 Å². The number of amides is 1. The van der Waals surface area contributed by atoms with Gasteiger partial charge in [-0.2, -0.15) is 11.8 Å². The maximum atomic E-state index is 12.1. The summed E-state index contributed by atoms with van der Waals surface area (Å²) >= 11 is 2.88. The van der Waals surface area contributed by atoms with Crippen molar-refractivity contribution >= 4 is 47.1 Å². The van der Waals surface area contributed by atoms with E-state index < -0.39 is 23.4 Å². The molecule has 126 valence electrons. The standard InChI is InChI=1S/C14H18N2O5S2/c1-7-6-23-12(16-10(7)13(18)19)11(14(20)21)15-9(17)5-8-3-2-4-22-8/h8,11-12H,1-6H2,(H,15,17)(H,18,19)(H,20,21)/t8?,11-,12+/m0/s1. The zero-order valence-corrected chi connectivity index (χ0v) is 14.0. The summed E-state index contributed by atoms with van der Waals surface area (Å²) in [6.45, 7) is 3.61. The molecule has 1 amide bonds. The number of carboxylic acid groups (broad SMARTS) is 2. The van der Waals surface area contributed by atoms with Gasteiger partial charge in [-0.3, -0.25) is 9.79 Å². The van der Waals surface area contributed by atoms with Crippen LogP contribution >= 0.6 is 23.5 Å². The highest BCUT2D eigenvalue weighted by molar-refractivity contribution is 8.00. The molecule has 0 aromatic rings. The zero-order chi connectivity index (χ0) is 17.0. The summed E-state index contributed by atoms with van der Waals surface area (Å²) in [6, 6.07) is -1.25. The van der Waals surface area contributed by atoms with Gasteiger partial charge in [0.1, 0.15) is 11.1 Å². The van der Waals surface area contributed by atoms with E-state index in [4.69, 9.17) is 5.11 Å². The smallest absolute Gasteiger partial charge is 0.354 e. The van der Waals surface area contributed by atoms with Crippen LogP contribution in [0.4, 0.5) is 0 Å². The van der Waals surface area contributed by atoms with Crippen LogP contribution in [-0.4, -0.2) is 61.9 Å². The number of carboxylic acids is 2. The Hall–Kier alpha value is -1.48. The third kappa shape index (κ3) is 4.74. The molecule has 0 radical (unpaired) electrons. The topological polar surface area (TPSA) is 116 Å². The average molecular weight is 358 g/mol. The van der Waals surface area contributed by atoms with Crippen molar-refractivity contribution in [3.63, 3.8) is 0 Å². The van der Waals surface area contributed by atoms with Crippen molar-refractivity contribution in [2.75, 3.05) is 11.5 Å². The molecule has 0 spiro atoms. The quantitative estimate of drug-likeness (QED) is 0.648. The van der Waals surface area contributed by atoms with Crippen molar-refractivity contribution in [1.29, 1.82) is 0 Å². The van der Waals surface area contributed by atoms with Crippen LogP contribution in [0.15, 0.2) is 17.1 Å². The number of aliphatic imine (C=N–C) groups is 1. The number of hydrogen-bond acceptors (Lipinski definition) is 6. The van der Waals surface area contributed by atoms with Gasteiger partial charge >= 0.3 is 11.9 Å². The molecule has 0 bridgehead atoms. The lowest BCUT2D eigenvalue weighted by Gasteiger charge is -2.26. The van der Waals surface area contributed by atoms with E-state index in [0.717, 1.165) is 30.4 Å². The minimum Gasteiger partial charge on any atom is -0.480 e. The Bertz CT molecular complexity index is 557. The van der Waals surface area contributed by atoms with Gasteiger partial charge in [0.25, 0.3) is 0 Å². The fourth-order valence-electron chi connectivity index (χ4n) is 2.39. The molecule has 1 saturated heterocycles. The van der Waals surface area contributed by atoms with Crippen LogP contribution in [0.5, 0.6) is 0 Å². The van der Waals surface area contributed by atoms with E-state index in [2.05, 4.69) is 16.9 Å². The van der Waals surface area contributed by atoms with E-state index in [1.807, 2.05) is 0 Å². The molecule has 1 fully saturated rings. The highest BCUT2D eigenvalue weighted by atomic mass is 32.2. The Morgan fingerprint density at radius 3 is 2.65 bits per heavy atom. The molecule has 23 heavy (non-hydrogen) atoms. The van der Waals surface area contributed by atoms with Crippen LogP contribution in [-0.2, 0) is 14.4 Å². The van der Waals surface area contributed by atoms with Gasteiger partial charge in [0.05, 0.1) is 0 Å². The Balaban J connectivity index is 2.05. The first-order valence-corrected chi connectivity index (χ1v) is 9.23. The third-order valence-corrected chi connectivity index (χ3v) is 6.16. The largest absolute Gasteiger partial charge is 0.480 e. The predicted octanol–water partition coefficient (Wildman–Crippen LogP) is 0.996. The number of carbonyl (C=O) groups excluding carboxylic acids is 1. The number of aliphatic carboxylic acids is 2. The summed E-state index contributed by atoms with van der Waals surface area (Å²) in [4.78, 5) is 38.6. The van der Waals surface area contributed by atoms with Crippen LogP contribution in [0.2, 0.25) is 0 Å². The normalized spacial score (nSPS) is 25.6. The highest BCUT2D eigenvalue weighted by Gasteiger charge is 2.35. The van der Waals surface area contributed by atoms with Gasteiger partial charge in [-0.05, 0) is 24.2 Å². The number of rotatable bonds is 6. The van der Waals surface area contributed by atoms with E-state index in [-0.39, 0.29) is 29.0 Å². The van der Waals surface area contributed by atoms with Crippen LogP contribution in [0, 0.1) is 0 Å². The minimum absolute atomic E-state index is 0.222. The maximum absolute atomic E-state index is 12.1. The summed E-state index contributed by atoms with van der Waals surface area (Å²) in [6.07, 6.45) is 2.29. The van der Waals surface area contributed by atoms with E-state index in [0.29, 0.717) is 5.57 Å². The maximum Gasteiger partial charge on any atom is 0.354 e. The number of nitrogens with zero attached hydrogens (tertiary/aromatic N) is 1. The fourth-order valence-corrected chi connectivity index (χ4v) is 4.72. The van der Waals surface area contributed by atoms with Crippen molar-refractivity contribution in [3.05, 3.63) is 12.2 Å². The van der Waals surface area contributed by atoms with E-state index in [1.165, 1.54) is 0 Å². The van der Waals surface area contributed by atoms with Gasteiger partial charge in [0.2, 0.25) is 5.91 Å². The summed E-state index contributed by atoms with van der Waals surface area (Å²) in [7, 11) is 0. The second-order valence-electron chi connectivity index (χ2n) is 5.31. The summed E-state index contributed by atoms with van der Waals surface area (Å²) < 4.78 is 0. The van der Waals surface area contributed by atoms with Crippen molar-refractivity contribution < 1.29 is 24.6 Å². The van der Waals surface area contributed by atoms with Crippen molar-refractivity contribution in [2.24, 2.45) is 4.99 Å². The van der Waals surface area contributed by atoms with Crippen molar-refractivity contribution in [2.45, 2.75) is 35.9 Å². The van der Waals surface area contributed by atoms with Crippen LogP contribution in [0.1, 0.15) is 19.3 Å². The number of nitrogens with one attached hydrogen (secondary N) is 1. The SMILES string of the molecule is C=C1CS[C@H]([C@H](NC(=O)CC2CCCS2)C(=O)O)N=C1C(=O)O. The van der Waals surface area contributed by atoms with Gasteiger partial charge in [-0.15, -0.1) is 11.8 Å². The third-order valence-electron chi connectivity index (χ3n) is 3.53. The molecule has 0 aromatic heterocycles. The number of carbonyl (C=O) groups is 3.